The van der Waals surface area contributed by atoms with Crippen LogP contribution in [0.4, 0.5) is 13.2 Å². The molecule has 2 atom stereocenters. The average Bonchev–Trinajstić information content (AvgIpc) is 3.69. The second-order valence-corrected chi connectivity index (χ2v) is 15.5. The molecule has 2 aromatic carbocycles. The Hall–Kier alpha value is -4.06. The highest BCUT2D eigenvalue weighted by Crippen LogP contribution is 2.47. The average molecular weight is 649 g/mol. The number of pyridine rings is 1. The number of aryl methyl sites for hydroxylation is 2. The van der Waals surface area contributed by atoms with Crippen LogP contribution >= 0.6 is 0 Å². The van der Waals surface area contributed by atoms with Crippen LogP contribution in [0.2, 0.25) is 0 Å². The van der Waals surface area contributed by atoms with E-state index in [4.69, 9.17) is 9.72 Å². The van der Waals surface area contributed by atoms with Gasteiger partial charge in [0.25, 0.3) is 0 Å². The molecule has 7 rings (SSSR count). The summed E-state index contributed by atoms with van der Waals surface area (Å²) in [4.78, 5) is 9.50. The zero-order valence-corrected chi connectivity index (χ0v) is 27.0. The minimum Gasteiger partial charge on any atom is -0.434 e. The van der Waals surface area contributed by atoms with Crippen LogP contribution in [0.15, 0.2) is 55.0 Å². The number of benzene rings is 2. The fourth-order valence-corrected chi connectivity index (χ4v) is 8.19. The van der Waals surface area contributed by atoms with Crippen LogP contribution < -0.4 is 4.74 Å². The lowest BCUT2D eigenvalue weighted by atomic mass is 9.67. The van der Waals surface area contributed by atoms with E-state index < -0.39 is 28.6 Å². The lowest BCUT2D eigenvalue weighted by Crippen LogP contribution is -2.44. The largest absolute Gasteiger partial charge is 0.434 e. The fourth-order valence-electron chi connectivity index (χ4n) is 6.83. The van der Waals surface area contributed by atoms with E-state index in [2.05, 4.69) is 19.7 Å². The maximum absolute atomic E-state index is 15.8. The Balaban J connectivity index is 1.29. The van der Waals surface area contributed by atoms with Crippen LogP contribution in [-0.4, -0.2) is 50.6 Å². The van der Waals surface area contributed by atoms with Gasteiger partial charge in [0.2, 0.25) is 0 Å². The van der Waals surface area contributed by atoms with Crippen molar-refractivity contribution < 1.29 is 22.1 Å². The Labute approximate surface area is 267 Å². The maximum atomic E-state index is 15.8. The van der Waals surface area contributed by atoms with Crippen LogP contribution in [0.5, 0.6) is 5.75 Å². The van der Waals surface area contributed by atoms with Gasteiger partial charge < -0.3 is 13.9 Å². The summed E-state index contributed by atoms with van der Waals surface area (Å²) < 4.78 is 64.6. The molecule has 0 unspecified atom stereocenters. The van der Waals surface area contributed by atoms with Crippen molar-refractivity contribution in [3.05, 3.63) is 77.9 Å². The first-order valence-electron chi connectivity index (χ1n) is 15.4. The molecule has 0 spiro atoms. The van der Waals surface area contributed by atoms with E-state index in [1.165, 1.54) is 6.07 Å². The summed E-state index contributed by atoms with van der Waals surface area (Å²) in [6.45, 7) is 2.82. The standard InChI is InChI=1S/C34H35F3N6O2S/c1-33(2,3)46(44)18-34(13-6-14-34)30-23(35)15-21(17-38-30)20-9-10-24-26(16-20)43-25(11-12-28(43)40-24)29-22(31-41-39-19-42(31)4)7-5-8-27(29)45-32(36)37/h5,7-10,15-17,19,25,32H,6,11-14,18H2,1-4H3/t25-,46+/m1/s1. The predicted octanol–water partition coefficient (Wildman–Crippen LogP) is 7.14. The van der Waals surface area contributed by atoms with Gasteiger partial charge in [0.05, 0.1) is 22.8 Å². The van der Waals surface area contributed by atoms with E-state index in [1.54, 1.807) is 36.3 Å². The Morgan fingerprint density at radius 3 is 2.59 bits per heavy atom. The Morgan fingerprint density at radius 1 is 1.13 bits per heavy atom. The Morgan fingerprint density at radius 2 is 1.93 bits per heavy atom. The van der Waals surface area contributed by atoms with Gasteiger partial charge in [-0.25, -0.2) is 9.37 Å². The first-order valence-corrected chi connectivity index (χ1v) is 16.7. The minimum absolute atomic E-state index is 0.0746. The summed E-state index contributed by atoms with van der Waals surface area (Å²) >= 11 is 0. The first kappa shape index (κ1) is 30.6. The summed E-state index contributed by atoms with van der Waals surface area (Å²) in [5.41, 5.74) is 4.01. The SMILES string of the molecule is Cn1cnnc1-c1cccc(OC(F)F)c1[C@H]1CCc2nc3ccc(-c4cnc(C5(C[S@](=O)C(C)(C)C)CCC5)c(F)c4)cc3n21. The van der Waals surface area contributed by atoms with Gasteiger partial charge in [0, 0.05) is 63.1 Å². The van der Waals surface area contributed by atoms with Crippen molar-refractivity contribution in [2.75, 3.05) is 5.75 Å². The minimum atomic E-state index is -3.00. The van der Waals surface area contributed by atoms with Gasteiger partial charge in [-0.15, -0.1) is 10.2 Å². The molecular weight excluding hydrogens is 613 g/mol. The molecule has 1 saturated carbocycles. The number of hydrogen-bond donors (Lipinski definition) is 0. The third-order valence-electron chi connectivity index (χ3n) is 9.36. The third kappa shape index (κ3) is 5.20. The second-order valence-electron chi connectivity index (χ2n) is 13.3. The van der Waals surface area contributed by atoms with Crippen LogP contribution in [0, 0.1) is 5.82 Å². The van der Waals surface area contributed by atoms with Crippen molar-refractivity contribution in [1.29, 1.82) is 0 Å². The number of nitrogens with zero attached hydrogens (tertiary/aromatic N) is 6. The number of aromatic nitrogens is 6. The van der Waals surface area contributed by atoms with Gasteiger partial charge >= 0.3 is 6.61 Å². The zero-order valence-electron chi connectivity index (χ0n) is 26.1. The van der Waals surface area contributed by atoms with Gasteiger partial charge in [-0.2, -0.15) is 8.78 Å². The summed E-state index contributed by atoms with van der Waals surface area (Å²) in [5.74, 6) is 1.43. The monoisotopic (exact) mass is 648 g/mol. The van der Waals surface area contributed by atoms with Crippen LogP contribution in [0.25, 0.3) is 33.5 Å². The zero-order chi connectivity index (χ0) is 32.4. The van der Waals surface area contributed by atoms with Gasteiger partial charge in [-0.1, -0.05) is 24.6 Å². The lowest BCUT2D eigenvalue weighted by Gasteiger charge is -2.42. The number of rotatable bonds is 8. The molecule has 0 saturated heterocycles. The Bertz CT molecular complexity index is 1980. The van der Waals surface area contributed by atoms with Crippen molar-refractivity contribution in [1.82, 2.24) is 29.3 Å². The van der Waals surface area contributed by atoms with Gasteiger partial charge in [-0.05, 0) is 69.9 Å². The molecule has 0 amide bonds. The van der Waals surface area contributed by atoms with Crippen molar-refractivity contribution in [3.63, 3.8) is 0 Å². The molecule has 1 aliphatic heterocycles. The third-order valence-corrected chi connectivity index (χ3v) is 11.5. The van der Waals surface area contributed by atoms with Gasteiger partial charge in [-0.3, -0.25) is 9.19 Å². The fraction of sp³-hybridized carbons (Fsp3) is 0.412. The molecule has 46 heavy (non-hydrogen) atoms. The first-order chi connectivity index (χ1) is 21.9. The van der Waals surface area contributed by atoms with Crippen molar-refractivity contribution >= 4 is 21.8 Å². The molecule has 12 heteroatoms. The van der Waals surface area contributed by atoms with E-state index in [-0.39, 0.29) is 16.5 Å². The van der Waals surface area contributed by atoms with Crippen molar-refractivity contribution in [2.45, 2.75) is 75.7 Å². The maximum Gasteiger partial charge on any atom is 0.387 e. The molecule has 0 N–H and O–H groups in total. The van der Waals surface area contributed by atoms with Gasteiger partial charge in [0.15, 0.2) is 5.82 Å². The number of hydrogen-bond acceptors (Lipinski definition) is 6. The van der Waals surface area contributed by atoms with Crippen molar-refractivity contribution in [3.8, 4) is 28.3 Å². The van der Waals surface area contributed by atoms with Crippen molar-refractivity contribution in [2.24, 2.45) is 7.05 Å². The molecule has 3 aromatic heterocycles. The van der Waals surface area contributed by atoms with E-state index in [9.17, 15) is 13.0 Å². The number of halogens is 3. The van der Waals surface area contributed by atoms with E-state index in [1.807, 2.05) is 45.0 Å². The molecule has 1 aliphatic carbocycles. The van der Waals surface area contributed by atoms with Gasteiger partial charge in [0.1, 0.15) is 23.7 Å². The summed E-state index contributed by atoms with van der Waals surface area (Å²) in [7, 11) is 0.670. The number of imidazole rings is 1. The molecule has 2 aliphatic rings. The predicted molar refractivity (Wildman–Crippen MR) is 171 cm³/mol. The molecule has 4 heterocycles. The normalized spacial score (nSPS) is 18.1. The lowest BCUT2D eigenvalue weighted by molar-refractivity contribution is -0.0506. The van der Waals surface area contributed by atoms with Crippen LogP contribution in [-0.2, 0) is 29.7 Å². The summed E-state index contributed by atoms with van der Waals surface area (Å²) in [5, 5.41) is 8.26. The molecule has 1 fully saturated rings. The second kappa shape index (κ2) is 11.3. The number of alkyl halides is 2. The topological polar surface area (TPSA) is 87.7 Å². The molecule has 5 aromatic rings. The smallest absolute Gasteiger partial charge is 0.387 e. The van der Waals surface area contributed by atoms with E-state index >= 15 is 4.39 Å². The molecule has 0 bridgehead atoms. The van der Waals surface area contributed by atoms with Crippen LogP contribution in [0.1, 0.15) is 69.6 Å². The quantitative estimate of drug-likeness (QED) is 0.178. The number of fused-ring (bicyclic) bond motifs is 3. The molecule has 0 radical (unpaired) electrons. The summed E-state index contributed by atoms with van der Waals surface area (Å²) in [6, 6.07) is 11.9. The van der Waals surface area contributed by atoms with E-state index in [0.29, 0.717) is 46.8 Å². The van der Waals surface area contributed by atoms with Crippen LogP contribution in [0.3, 0.4) is 0 Å². The Kier molecular flexibility index (Phi) is 7.53. The summed E-state index contributed by atoms with van der Waals surface area (Å²) in [6.07, 6.45) is 7.00. The highest BCUT2D eigenvalue weighted by Gasteiger charge is 2.45. The molecular formula is C34H35F3N6O2S. The number of ether oxygens (including phenoxy) is 1. The highest BCUT2D eigenvalue weighted by atomic mass is 32.2. The molecule has 8 nitrogen and oxygen atoms in total. The molecule has 240 valence electrons. The van der Waals surface area contributed by atoms with E-state index in [0.717, 1.165) is 41.7 Å². The highest BCUT2D eigenvalue weighted by molar-refractivity contribution is 7.86.